The molecule has 4 nitrogen and oxygen atoms in total. The quantitative estimate of drug-likeness (QED) is 0.428. The van der Waals surface area contributed by atoms with Crippen LogP contribution in [-0.4, -0.2) is 36.6 Å². The van der Waals surface area contributed by atoms with Crippen molar-refractivity contribution in [3.05, 3.63) is 64.2 Å². The van der Waals surface area contributed by atoms with E-state index in [-0.39, 0.29) is 15.0 Å². The molecule has 0 saturated carbocycles. The molecule has 0 unspecified atom stereocenters. The standard InChI is InChI=1S/C23H22F3NO3SSe/c1-13-11-17(9-10-18(13)30-22(3,4)21(28)29)32-12-19-14(2)27-20(31-19)15-5-7-16(8-6-15)23(24,25)26/h5-11H,12H2,1-4H3,(H,28,29). The van der Waals surface area contributed by atoms with Gasteiger partial charge in [0.05, 0.1) is 0 Å². The van der Waals surface area contributed by atoms with Gasteiger partial charge in [-0.15, -0.1) is 0 Å². The Morgan fingerprint density at radius 3 is 2.34 bits per heavy atom. The number of carbonyl (C=O) groups is 1. The van der Waals surface area contributed by atoms with Crippen molar-refractivity contribution in [2.75, 3.05) is 0 Å². The molecule has 0 saturated heterocycles. The average Bonchev–Trinajstić information content (AvgIpc) is 3.08. The van der Waals surface area contributed by atoms with E-state index in [4.69, 9.17) is 4.74 Å². The van der Waals surface area contributed by atoms with Gasteiger partial charge in [-0.05, 0) is 0 Å². The zero-order valence-corrected chi connectivity index (χ0v) is 20.4. The minimum absolute atomic E-state index is 0.111. The van der Waals surface area contributed by atoms with Crippen LogP contribution >= 0.6 is 11.3 Å². The van der Waals surface area contributed by atoms with Crippen molar-refractivity contribution in [1.82, 2.24) is 4.98 Å². The Labute approximate surface area is 194 Å². The first-order valence-corrected chi connectivity index (χ1v) is 12.5. The first-order valence-electron chi connectivity index (χ1n) is 9.66. The molecule has 0 aliphatic heterocycles. The van der Waals surface area contributed by atoms with E-state index in [0.717, 1.165) is 38.0 Å². The molecule has 1 aromatic heterocycles. The van der Waals surface area contributed by atoms with Crippen LogP contribution in [0.25, 0.3) is 10.6 Å². The van der Waals surface area contributed by atoms with E-state index in [9.17, 15) is 23.1 Å². The van der Waals surface area contributed by atoms with Gasteiger partial charge in [0.25, 0.3) is 0 Å². The number of hydrogen-bond acceptors (Lipinski definition) is 4. The fourth-order valence-corrected chi connectivity index (χ4v) is 6.33. The summed E-state index contributed by atoms with van der Waals surface area (Å²) in [7, 11) is 0. The fraction of sp³-hybridized carbons (Fsp3) is 0.304. The van der Waals surface area contributed by atoms with Crippen molar-refractivity contribution in [1.29, 1.82) is 0 Å². The van der Waals surface area contributed by atoms with Gasteiger partial charge in [0, 0.05) is 0 Å². The second-order valence-electron chi connectivity index (χ2n) is 7.74. The van der Waals surface area contributed by atoms with Crippen LogP contribution in [0.4, 0.5) is 13.2 Å². The number of halogens is 3. The summed E-state index contributed by atoms with van der Waals surface area (Å²) >= 11 is 1.61. The molecule has 0 atom stereocenters. The second kappa shape index (κ2) is 9.25. The molecular weight excluding hydrogens is 506 g/mol. The summed E-state index contributed by atoms with van der Waals surface area (Å²) in [5, 5.41) is 10.8. The molecule has 0 bridgehead atoms. The number of aliphatic carboxylic acids is 1. The van der Waals surface area contributed by atoms with Crippen molar-refractivity contribution in [3.63, 3.8) is 0 Å². The van der Waals surface area contributed by atoms with Gasteiger partial charge < -0.3 is 0 Å². The number of rotatable bonds is 7. The van der Waals surface area contributed by atoms with E-state index in [1.807, 2.05) is 26.0 Å². The summed E-state index contributed by atoms with van der Waals surface area (Å²) in [6.07, 6.45) is -4.35. The molecule has 0 amide bonds. The predicted octanol–water partition coefficient (Wildman–Crippen LogP) is 5.22. The Hall–Kier alpha value is -2.35. The van der Waals surface area contributed by atoms with E-state index in [1.54, 1.807) is 6.07 Å². The van der Waals surface area contributed by atoms with Crippen LogP contribution in [0.1, 0.15) is 35.5 Å². The van der Waals surface area contributed by atoms with Crippen LogP contribution < -0.4 is 9.20 Å². The predicted molar refractivity (Wildman–Crippen MR) is 120 cm³/mol. The molecule has 0 radical (unpaired) electrons. The summed E-state index contributed by atoms with van der Waals surface area (Å²) in [5.74, 6) is -0.495. The number of aromatic nitrogens is 1. The van der Waals surface area contributed by atoms with Crippen LogP contribution in [0.15, 0.2) is 42.5 Å². The van der Waals surface area contributed by atoms with E-state index in [2.05, 4.69) is 4.98 Å². The molecule has 1 heterocycles. The topological polar surface area (TPSA) is 59.4 Å². The second-order valence-corrected chi connectivity index (χ2v) is 11.0. The fourth-order valence-electron chi connectivity index (χ4n) is 2.78. The van der Waals surface area contributed by atoms with Crippen LogP contribution in [0, 0.1) is 13.8 Å². The molecule has 0 aliphatic rings. The molecule has 0 aliphatic carbocycles. The summed E-state index contributed by atoms with van der Waals surface area (Å²) in [6, 6.07) is 10.8. The first-order chi connectivity index (χ1) is 14.9. The summed E-state index contributed by atoms with van der Waals surface area (Å²) in [5.41, 5.74) is 0.430. The van der Waals surface area contributed by atoms with Gasteiger partial charge in [-0.25, -0.2) is 0 Å². The maximum absolute atomic E-state index is 12.8. The summed E-state index contributed by atoms with van der Waals surface area (Å²) < 4.78 is 45.1. The summed E-state index contributed by atoms with van der Waals surface area (Å²) in [4.78, 5) is 16.9. The zero-order valence-electron chi connectivity index (χ0n) is 17.9. The van der Waals surface area contributed by atoms with E-state index in [0.29, 0.717) is 16.3 Å². The van der Waals surface area contributed by atoms with Gasteiger partial charge in [-0.1, -0.05) is 0 Å². The van der Waals surface area contributed by atoms with E-state index < -0.39 is 23.3 Å². The maximum atomic E-state index is 12.8. The van der Waals surface area contributed by atoms with Gasteiger partial charge in [0.1, 0.15) is 0 Å². The van der Waals surface area contributed by atoms with Crippen molar-refractivity contribution in [2.24, 2.45) is 0 Å². The van der Waals surface area contributed by atoms with Crippen LogP contribution in [-0.2, 0) is 16.3 Å². The third kappa shape index (κ3) is 5.71. The van der Waals surface area contributed by atoms with Crippen molar-refractivity contribution >= 4 is 36.7 Å². The minimum atomic E-state index is -4.35. The van der Waals surface area contributed by atoms with Crippen LogP contribution in [0.5, 0.6) is 5.75 Å². The number of carboxylic acids is 1. The third-order valence-corrected chi connectivity index (χ3v) is 8.51. The molecule has 0 fully saturated rings. The monoisotopic (exact) mass is 529 g/mol. The van der Waals surface area contributed by atoms with E-state index in [1.165, 1.54) is 37.3 Å². The molecule has 3 aromatic rings. The SMILES string of the molecule is Cc1cc([Se]Cc2sc(-c3ccc(C(F)(F)F)cc3)nc2C)ccc1OC(C)(C)C(=O)O. The van der Waals surface area contributed by atoms with Crippen molar-refractivity contribution in [2.45, 2.75) is 44.8 Å². The average molecular weight is 528 g/mol. The number of aryl methyl sites for hydroxylation is 2. The van der Waals surface area contributed by atoms with E-state index >= 15 is 0 Å². The van der Waals surface area contributed by atoms with Gasteiger partial charge in [0.2, 0.25) is 0 Å². The molecule has 0 spiro atoms. The number of benzene rings is 2. The number of thiazole rings is 1. The normalized spacial score (nSPS) is 12.1. The Morgan fingerprint density at radius 2 is 1.78 bits per heavy atom. The number of alkyl halides is 3. The molecule has 1 N–H and O–H groups in total. The van der Waals surface area contributed by atoms with Crippen LogP contribution in [0.2, 0.25) is 0 Å². The van der Waals surface area contributed by atoms with Gasteiger partial charge >= 0.3 is 195 Å². The molecule has 3 rings (SSSR count). The molecule has 170 valence electrons. The van der Waals surface area contributed by atoms with Crippen molar-refractivity contribution in [3.8, 4) is 16.3 Å². The number of carboxylic acid groups (broad SMARTS) is 1. The molecule has 32 heavy (non-hydrogen) atoms. The van der Waals surface area contributed by atoms with Crippen LogP contribution in [0.3, 0.4) is 0 Å². The third-order valence-electron chi connectivity index (χ3n) is 4.75. The Kier molecular flexibility index (Phi) is 7.03. The first kappa shape index (κ1) is 24.3. The van der Waals surface area contributed by atoms with Crippen molar-refractivity contribution < 1.29 is 27.8 Å². The Balaban J connectivity index is 1.70. The van der Waals surface area contributed by atoms with Gasteiger partial charge in [0.15, 0.2) is 0 Å². The Morgan fingerprint density at radius 1 is 1.12 bits per heavy atom. The number of hydrogen-bond donors (Lipinski definition) is 1. The molecular formula is C23H22F3NO3SSe. The number of nitrogens with zero attached hydrogens (tertiary/aromatic N) is 1. The number of ether oxygens (including phenoxy) is 1. The molecule has 2 aromatic carbocycles. The Bertz CT molecular complexity index is 1120. The molecule has 9 heteroatoms. The zero-order chi connectivity index (χ0) is 23.7. The van der Waals surface area contributed by atoms with Gasteiger partial charge in [-0.3, -0.25) is 0 Å². The summed E-state index contributed by atoms with van der Waals surface area (Å²) in [6.45, 7) is 6.81. The van der Waals surface area contributed by atoms with Gasteiger partial charge in [-0.2, -0.15) is 0 Å².